The molecule has 3 N–H and O–H groups in total. The van der Waals surface area contributed by atoms with Crippen molar-refractivity contribution in [2.45, 2.75) is 12.3 Å². The van der Waals surface area contributed by atoms with Gasteiger partial charge in [-0.05, 0) is 59.5 Å². The fraction of sp³-hybridized carbons (Fsp3) is 0.150. The lowest BCUT2D eigenvalue weighted by Crippen LogP contribution is -2.21. The van der Waals surface area contributed by atoms with Crippen LogP contribution in [0.5, 0.6) is 0 Å². The molecule has 0 saturated carbocycles. The molecule has 2 aromatic carbocycles. The molecule has 0 spiro atoms. The molecular weight excluding hydrogens is 408 g/mol. The Morgan fingerprint density at radius 1 is 0.923 bits per heavy atom. The number of nitrogens with zero attached hydrogens (tertiary/aromatic N) is 1. The van der Waals surface area contributed by atoms with Crippen LogP contribution in [0.1, 0.15) is 11.1 Å². The predicted molar refractivity (Wildman–Crippen MR) is 115 cm³/mol. The number of rotatable bonds is 9. The zero-order valence-corrected chi connectivity index (χ0v) is 16.7. The second-order valence-electron chi connectivity index (χ2n) is 5.70. The number of anilines is 2. The topological polar surface area (TPSA) is 49.0 Å². The molecule has 0 aliphatic heterocycles. The summed E-state index contributed by atoms with van der Waals surface area (Å²) in [6.07, 6.45) is 3.66. The molecule has 3 aromatic rings. The van der Waals surface area contributed by atoms with Crippen molar-refractivity contribution < 1.29 is 0 Å². The largest absolute Gasteiger partial charge is 0.372 e. The molecular formula is C20H21BrN4S. The van der Waals surface area contributed by atoms with Crippen LogP contribution >= 0.6 is 27.9 Å². The fourth-order valence-electron chi connectivity index (χ4n) is 2.34. The van der Waals surface area contributed by atoms with Crippen molar-refractivity contribution >= 4 is 39.3 Å². The summed E-state index contributed by atoms with van der Waals surface area (Å²) in [5.74, 6) is 0.902. The monoisotopic (exact) mass is 428 g/mol. The first-order chi connectivity index (χ1) is 12.8. The lowest BCUT2D eigenvalue weighted by Gasteiger charge is -2.10. The van der Waals surface area contributed by atoms with E-state index < -0.39 is 0 Å². The van der Waals surface area contributed by atoms with E-state index in [1.165, 1.54) is 11.1 Å². The summed E-state index contributed by atoms with van der Waals surface area (Å²) in [5, 5.41) is 6.71. The van der Waals surface area contributed by atoms with Crippen LogP contribution in [0.3, 0.4) is 0 Å². The number of pyridine rings is 1. The summed E-state index contributed by atoms with van der Waals surface area (Å²) in [6, 6.07) is 20.6. The molecule has 1 heterocycles. The smallest absolute Gasteiger partial charge is 0.0655 e. The van der Waals surface area contributed by atoms with E-state index >= 15 is 0 Å². The minimum Gasteiger partial charge on any atom is -0.372 e. The molecule has 6 heteroatoms. The fourth-order valence-corrected chi connectivity index (χ4v) is 3.74. The van der Waals surface area contributed by atoms with Crippen LogP contribution in [0.4, 0.5) is 11.4 Å². The van der Waals surface area contributed by atoms with Gasteiger partial charge in [0.2, 0.25) is 0 Å². The molecule has 0 aliphatic rings. The van der Waals surface area contributed by atoms with Crippen molar-refractivity contribution in [3.8, 4) is 0 Å². The highest BCUT2D eigenvalue weighted by Gasteiger charge is 1.99. The van der Waals surface area contributed by atoms with Gasteiger partial charge in [-0.1, -0.05) is 40.2 Å². The van der Waals surface area contributed by atoms with Gasteiger partial charge in [-0.25, -0.2) is 0 Å². The maximum absolute atomic E-state index is 4.11. The SMILES string of the molecule is Brc1ccccc1CSNc1ccc(NCNCc2cccnc2)cc1. The summed E-state index contributed by atoms with van der Waals surface area (Å²) in [5.41, 5.74) is 4.64. The van der Waals surface area contributed by atoms with E-state index in [2.05, 4.69) is 84.8 Å². The normalized spacial score (nSPS) is 10.5. The molecule has 0 amide bonds. The third-order valence-corrected chi connectivity index (χ3v) is 5.34. The Kier molecular flexibility index (Phi) is 7.37. The highest BCUT2D eigenvalue weighted by atomic mass is 79.9. The summed E-state index contributed by atoms with van der Waals surface area (Å²) in [6.45, 7) is 1.50. The van der Waals surface area contributed by atoms with E-state index in [0.29, 0.717) is 6.67 Å². The number of halogens is 1. The molecule has 26 heavy (non-hydrogen) atoms. The molecule has 0 radical (unpaired) electrons. The van der Waals surface area contributed by atoms with Crippen LogP contribution < -0.4 is 15.4 Å². The van der Waals surface area contributed by atoms with Crippen molar-refractivity contribution in [2.75, 3.05) is 16.7 Å². The van der Waals surface area contributed by atoms with Gasteiger partial charge in [0, 0.05) is 40.5 Å². The second kappa shape index (κ2) is 10.2. The molecule has 0 atom stereocenters. The Hall–Kier alpha value is -2.02. The van der Waals surface area contributed by atoms with Crippen molar-refractivity contribution in [1.82, 2.24) is 10.3 Å². The van der Waals surface area contributed by atoms with Gasteiger partial charge in [0.25, 0.3) is 0 Å². The standard InChI is InChI=1S/C20H21BrN4S/c21-20-6-2-1-5-17(20)14-26-25-19-9-7-18(8-10-19)24-15-23-13-16-4-3-11-22-12-16/h1-12,23-25H,13-15H2. The second-order valence-corrected chi connectivity index (χ2v) is 7.34. The Morgan fingerprint density at radius 2 is 1.73 bits per heavy atom. The average molecular weight is 429 g/mol. The van der Waals surface area contributed by atoms with Crippen LogP contribution in [0, 0.1) is 0 Å². The predicted octanol–water partition coefficient (Wildman–Crippen LogP) is 5.26. The Labute approximate surface area is 167 Å². The Balaban J connectivity index is 1.37. The first-order valence-corrected chi connectivity index (χ1v) is 10.1. The average Bonchev–Trinajstić information content (AvgIpc) is 2.69. The number of benzene rings is 2. The van der Waals surface area contributed by atoms with E-state index in [0.717, 1.165) is 28.1 Å². The molecule has 0 saturated heterocycles. The van der Waals surface area contributed by atoms with Gasteiger partial charge in [0.05, 0.1) is 6.67 Å². The molecule has 0 unspecified atom stereocenters. The molecule has 1 aromatic heterocycles. The quantitative estimate of drug-likeness (QED) is 0.246. The maximum Gasteiger partial charge on any atom is 0.0655 e. The van der Waals surface area contributed by atoms with Crippen molar-refractivity contribution in [1.29, 1.82) is 0 Å². The summed E-state index contributed by atoms with van der Waals surface area (Å²) in [4.78, 5) is 4.11. The molecule has 4 nitrogen and oxygen atoms in total. The summed E-state index contributed by atoms with van der Waals surface area (Å²) in [7, 11) is 0. The van der Waals surface area contributed by atoms with Crippen molar-refractivity contribution in [3.63, 3.8) is 0 Å². The third kappa shape index (κ3) is 6.05. The zero-order valence-electron chi connectivity index (χ0n) is 14.3. The maximum atomic E-state index is 4.11. The van der Waals surface area contributed by atoms with E-state index in [4.69, 9.17) is 0 Å². The molecule has 0 bridgehead atoms. The van der Waals surface area contributed by atoms with E-state index in [-0.39, 0.29) is 0 Å². The number of hydrogen-bond acceptors (Lipinski definition) is 5. The highest BCUT2D eigenvalue weighted by molar-refractivity contribution is 9.10. The lowest BCUT2D eigenvalue weighted by atomic mass is 10.2. The van der Waals surface area contributed by atoms with Crippen LogP contribution in [0.15, 0.2) is 77.5 Å². The number of aromatic nitrogens is 1. The molecule has 0 aliphatic carbocycles. The number of nitrogens with one attached hydrogen (secondary N) is 3. The van der Waals surface area contributed by atoms with E-state index in [1.807, 2.05) is 18.3 Å². The third-order valence-electron chi connectivity index (χ3n) is 3.73. The highest BCUT2D eigenvalue weighted by Crippen LogP contribution is 2.23. The van der Waals surface area contributed by atoms with Gasteiger partial charge in [-0.3, -0.25) is 10.3 Å². The Bertz CT molecular complexity index is 796. The summed E-state index contributed by atoms with van der Waals surface area (Å²) >= 11 is 5.26. The van der Waals surface area contributed by atoms with Gasteiger partial charge in [0.1, 0.15) is 0 Å². The first-order valence-electron chi connectivity index (χ1n) is 8.36. The van der Waals surface area contributed by atoms with E-state index in [9.17, 15) is 0 Å². The van der Waals surface area contributed by atoms with Crippen LogP contribution in [-0.2, 0) is 12.3 Å². The van der Waals surface area contributed by atoms with Gasteiger partial charge in [-0.15, -0.1) is 0 Å². The Morgan fingerprint density at radius 3 is 2.50 bits per heavy atom. The van der Waals surface area contributed by atoms with Gasteiger partial charge in [-0.2, -0.15) is 0 Å². The minimum absolute atomic E-state index is 0.707. The van der Waals surface area contributed by atoms with Crippen molar-refractivity contribution in [3.05, 3.63) is 88.7 Å². The zero-order chi connectivity index (χ0) is 18.0. The van der Waals surface area contributed by atoms with Gasteiger partial charge >= 0.3 is 0 Å². The summed E-state index contributed by atoms with van der Waals surface area (Å²) < 4.78 is 4.53. The van der Waals surface area contributed by atoms with Crippen molar-refractivity contribution in [2.24, 2.45) is 0 Å². The first kappa shape index (κ1) is 18.8. The van der Waals surface area contributed by atoms with Gasteiger partial charge < -0.3 is 10.0 Å². The van der Waals surface area contributed by atoms with Gasteiger partial charge in [0.15, 0.2) is 0 Å². The molecule has 3 rings (SSSR count). The molecule has 134 valence electrons. The minimum atomic E-state index is 0.707. The van der Waals surface area contributed by atoms with E-state index in [1.54, 1.807) is 18.1 Å². The van der Waals surface area contributed by atoms with Crippen LogP contribution in [-0.4, -0.2) is 11.7 Å². The van der Waals surface area contributed by atoms with Crippen LogP contribution in [0.25, 0.3) is 0 Å². The number of hydrogen-bond donors (Lipinski definition) is 3. The lowest BCUT2D eigenvalue weighted by molar-refractivity contribution is 0.732. The molecule has 0 fully saturated rings. The van der Waals surface area contributed by atoms with Crippen LogP contribution in [0.2, 0.25) is 0 Å².